The summed E-state index contributed by atoms with van der Waals surface area (Å²) in [6.07, 6.45) is 5.52. The number of aromatic nitrogens is 1. The van der Waals surface area contributed by atoms with Gasteiger partial charge in [-0.1, -0.05) is 26.3 Å². The van der Waals surface area contributed by atoms with Crippen LogP contribution in [0.2, 0.25) is 0 Å². The summed E-state index contributed by atoms with van der Waals surface area (Å²) >= 11 is 0. The van der Waals surface area contributed by atoms with E-state index in [4.69, 9.17) is 0 Å². The van der Waals surface area contributed by atoms with E-state index in [0.29, 0.717) is 11.5 Å². The normalized spacial score (nSPS) is 21.7. The van der Waals surface area contributed by atoms with Gasteiger partial charge in [0.05, 0.1) is 0 Å². The van der Waals surface area contributed by atoms with E-state index >= 15 is 0 Å². The lowest BCUT2D eigenvalue weighted by molar-refractivity contribution is 0.349. The molecule has 0 bridgehead atoms. The van der Waals surface area contributed by atoms with Crippen molar-refractivity contribution in [3.8, 4) is 5.75 Å². The number of rotatable bonds is 2. The predicted octanol–water partition coefficient (Wildman–Crippen LogP) is 3.93. The molecule has 2 N–H and O–H groups in total. The van der Waals surface area contributed by atoms with Crippen molar-refractivity contribution >= 4 is 16.6 Å². The predicted molar refractivity (Wildman–Crippen MR) is 78.5 cm³/mol. The van der Waals surface area contributed by atoms with E-state index in [1.165, 1.54) is 19.3 Å². The van der Waals surface area contributed by atoms with Crippen LogP contribution in [0.3, 0.4) is 0 Å². The lowest BCUT2D eigenvalue weighted by Crippen LogP contribution is -2.31. The maximum atomic E-state index is 9.66. The number of benzene rings is 1. The van der Waals surface area contributed by atoms with E-state index in [-0.39, 0.29) is 5.75 Å². The van der Waals surface area contributed by atoms with Gasteiger partial charge in [-0.2, -0.15) is 0 Å². The second-order valence-corrected chi connectivity index (χ2v) is 6.14. The van der Waals surface area contributed by atoms with Gasteiger partial charge in [0.1, 0.15) is 11.6 Å². The molecule has 1 aliphatic rings. The molecule has 3 nitrogen and oxygen atoms in total. The molecule has 2 aromatic rings. The lowest BCUT2D eigenvalue weighted by Gasteiger charge is -2.28. The zero-order valence-corrected chi connectivity index (χ0v) is 11.5. The molecule has 1 saturated carbocycles. The maximum Gasteiger partial charge on any atom is 0.134 e. The van der Waals surface area contributed by atoms with E-state index < -0.39 is 0 Å². The van der Waals surface area contributed by atoms with Crippen molar-refractivity contribution in [1.82, 2.24) is 4.98 Å². The van der Waals surface area contributed by atoms with Gasteiger partial charge in [-0.05, 0) is 41.8 Å². The molecular formula is C16H20N2O. The van der Waals surface area contributed by atoms with Gasteiger partial charge < -0.3 is 10.4 Å². The third kappa shape index (κ3) is 2.25. The fourth-order valence-corrected chi connectivity index (χ4v) is 3.03. The minimum Gasteiger partial charge on any atom is -0.508 e. The fourth-order valence-electron chi connectivity index (χ4n) is 3.03. The summed E-state index contributed by atoms with van der Waals surface area (Å²) in [7, 11) is 0. The molecule has 3 rings (SSSR count). The molecule has 0 aliphatic heterocycles. The fraction of sp³-hybridized carbons (Fsp3) is 0.438. The van der Waals surface area contributed by atoms with Crippen LogP contribution >= 0.6 is 0 Å². The summed E-state index contributed by atoms with van der Waals surface area (Å²) in [6, 6.07) is 7.85. The Bertz CT molecular complexity index is 607. The van der Waals surface area contributed by atoms with Crippen LogP contribution in [0, 0.1) is 5.41 Å². The molecule has 100 valence electrons. The first kappa shape index (κ1) is 12.3. The van der Waals surface area contributed by atoms with Crippen LogP contribution in [-0.4, -0.2) is 16.1 Å². The van der Waals surface area contributed by atoms with Gasteiger partial charge in [0, 0.05) is 17.6 Å². The van der Waals surface area contributed by atoms with Gasteiger partial charge in [0.15, 0.2) is 0 Å². The Hall–Kier alpha value is -1.77. The second-order valence-electron chi connectivity index (χ2n) is 6.14. The highest BCUT2D eigenvalue weighted by molar-refractivity contribution is 5.92. The Morgan fingerprint density at radius 1 is 1.32 bits per heavy atom. The summed E-state index contributed by atoms with van der Waals surface area (Å²) in [6.45, 7) is 4.61. The van der Waals surface area contributed by atoms with Crippen LogP contribution in [0.25, 0.3) is 10.8 Å². The monoisotopic (exact) mass is 256 g/mol. The van der Waals surface area contributed by atoms with Crippen LogP contribution in [0.15, 0.2) is 30.5 Å². The van der Waals surface area contributed by atoms with Crippen molar-refractivity contribution in [3.63, 3.8) is 0 Å². The molecule has 19 heavy (non-hydrogen) atoms. The van der Waals surface area contributed by atoms with Gasteiger partial charge in [-0.3, -0.25) is 0 Å². The average Bonchev–Trinajstić information content (AvgIpc) is 2.69. The van der Waals surface area contributed by atoms with E-state index in [1.807, 2.05) is 18.3 Å². The molecule has 1 atom stereocenters. The number of nitrogens with zero attached hydrogens (tertiary/aromatic N) is 1. The number of hydrogen-bond donors (Lipinski definition) is 2. The van der Waals surface area contributed by atoms with E-state index in [1.54, 1.807) is 12.1 Å². The number of aromatic hydroxyl groups is 1. The highest BCUT2D eigenvalue weighted by atomic mass is 16.3. The standard InChI is InChI=1S/C16H20N2O/c1-16(2)8-3-4-14(16)18-15-13-10-12(19)6-5-11(13)7-9-17-15/h5-7,9-10,14,19H,3-4,8H2,1-2H3,(H,17,18). The summed E-state index contributed by atoms with van der Waals surface area (Å²) in [5.74, 6) is 1.17. The second kappa shape index (κ2) is 4.41. The Morgan fingerprint density at radius 3 is 2.89 bits per heavy atom. The number of phenols is 1. The van der Waals surface area contributed by atoms with Crippen LogP contribution in [0.1, 0.15) is 33.1 Å². The Morgan fingerprint density at radius 2 is 2.16 bits per heavy atom. The van der Waals surface area contributed by atoms with Gasteiger partial charge in [0.25, 0.3) is 0 Å². The molecule has 1 aliphatic carbocycles. The zero-order valence-electron chi connectivity index (χ0n) is 11.5. The highest BCUT2D eigenvalue weighted by Gasteiger charge is 2.34. The van der Waals surface area contributed by atoms with Crippen molar-refractivity contribution < 1.29 is 5.11 Å². The Balaban J connectivity index is 1.99. The van der Waals surface area contributed by atoms with Crippen molar-refractivity contribution in [3.05, 3.63) is 30.5 Å². The lowest BCUT2D eigenvalue weighted by atomic mass is 9.87. The van der Waals surface area contributed by atoms with Crippen molar-refractivity contribution in [1.29, 1.82) is 0 Å². The van der Waals surface area contributed by atoms with Gasteiger partial charge in [-0.25, -0.2) is 4.98 Å². The molecule has 0 spiro atoms. The first-order valence-electron chi connectivity index (χ1n) is 6.90. The molecular weight excluding hydrogens is 236 g/mol. The largest absolute Gasteiger partial charge is 0.508 e. The number of phenolic OH excluding ortho intramolecular Hbond substituents is 1. The Kier molecular flexibility index (Phi) is 2.85. The summed E-state index contributed by atoms with van der Waals surface area (Å²) in [4.78, 5) is 4.45. The van der Waals surface area contributed by atoms with Gasteiger partial charge >= 0.3 is 0 Å². The van der Waals surface area contributed by atoms with Crippen molar-refractivity contribution in [2.24, 2.45) is 5.41 Å². The molecule has 3 heteroatoms. The first-order chi connectivity index (χ1) is 9.06. The molecule has 0 amide bonds. The molecule has 1 aromatic carbocycles. The summed E-state index contributed by atoms with van der Waals surface area (Å²) < 4.78 is 0. The van der Waals surface area contributed by atoms with Crippen molar-refractivity contribution in [2.75, 3.05) is 5.32 Å². The summed E-state index contributed by atoms with van der Waals surface area (Å²) in [5.41, 5.74) is 0.306. The zero-order chi connectivity index (χ0) is 13.5. The number of fused-ring (bicyclic) bond motifs is 1. The molecule has 0 radical (unpaired) electrons. The molecule has 1 aromatic heterocycles. The topological polar surface area (TPSA) is 45.2 Å². The highest BCUT2D eigenvalue weighted by Crippen LogP contribution is 2.39. The molecule has 0 saturated heterocycles. The van der Waals surface area contributed by atoms with Crippen LogP contribution in [0.4, 0.5) is 5.82 Å². The van der Waals surface area contributed by atoms with Crippen molar-refractivity contribution in [2.45, 2.75) is 39.2 Å². The van der Waals surface area contributed by atoms with E-state index in [2.05, 4.69) is 24.1 Å². The number of nitrogens with one attached hydrogen (secondary N) is 1. The number of hydrogen-bond acceptors (Lipinski definition) is 3. The molecule has 1 heterocycles. The van der Waals surface area contributed by atoms with Crippen LogP contribution in [-0.2, 0) is 0 Å². The third-order valence-electron chi connectivity index (χ3n) is 4.32. The molecule has 1 fully saturated rings. The van der Waals surface area contributed by atoms with Crippen LogP contribution in [0.5, 0.6) is 5.75 Å². The number of anilines is 1. The van der Waals surface area contributed by atoms with E-state index in [9.17, 15) is 5.11 Å². The van der Waals surface area contributed by atoms with Crippen LogP contribution < -0.4 is 5.32 Å². The number of pyridine rings is 1. The Labute approximate surface area is 113 Å². The van der Waals surface area contributed by atoms with E-state index in [0.717, 1.165) is 16.6 Å². The minimum atomic E-state index is 0.286. The quantitative estimate of drug-likeness (QED) is 0.855. The molecule has 1 unspecified atom stereocenters. The minimum absolute atomic E-state index is 0.286. The average molecular weight is 256 g/mol. The third-order valence-corrected chi connectivity index (χ3v) is 4.32. The van der Waals surface area contributed by atoms with Gasteiger partial charge in [0.2, 0.25) is 0 Å². The maximum absolute atomic E-state index is 9.66. The SMILES string of the molecule is CC1(C)CCCC1Nc1nccc2ccc(O)cc12. The smallest absolute Gasteiger partial charge is 0.134 e. The first-order valence-corrected chi connectivity index (χ1v) is 6.90. The van der Waals surface area contributed by atoms with Gasteiger partial charge in [-0.15, -0.1) is 0 Å². The summed E-state index contributed by atoms with van der Waals surface area (Å²) in [5, 5.41) is 15.3.